The van der Waals surface area contributed by atoms with E-state index >= 15 is 0 Å². The van der Waals surface area contributed by atoms with Gasteiger partial charge >= 0.3 is 0 Å². The third kappa shape index (κ3) is 4.03. The van der Waals surface area contributed by atoms with Crippen molar-refractivity contribution in [2.24, 2.45) is 0 Å². The van der Waals surface area contributed by atoms with Crippen LogP contribution in [0.4, 0.5) is 5.69 Å². The van der Waals surface area contributed by atoms with Gasteiger partial charge in [0.2, 0.25) is 0 Å². The van der Waals surface area contributed by atoms with E-state index < -0.39 is 10.0 Å². The van der Waals surface area contributed by atoms with Crippen molar-refractivity contribution in [3.8, 4) is 0 Å². The SMILES string of the molecule is CC[C@H](C)c1ccc(S(=O)(=O)Nc2ccc(Br)cc2Cl)cc1. The maximum absolute atomic E-state index is 12.4. The highest BCUT2D eigenvalue weighted by molar-refractivity contribution is 9.10. The van der Waals surface area contributed by atoms with Crippen LogP contribution in [-0.4, -0.2) is 8.42 Å². The van der Waals surface area contributed by atoms with Gasteiger partial charge in [0.05, 0.1) is 15.6 Å². The highest BCUT2D eigenvalue weighted by Gasteiger charge is 2.16. The van der Waals surface area contributed by atoms with Crippen molar-refractivity contribution in [2.75, 3.05) is 4.72 Å². The normalized spacial score (nSPS) is 12.9. The topological polar surface area (TPSA) is 46.2 Å². The lowest BCUT2D eigenvalue weighted by Crippen LogP contribution is -2.13. The Balaban J connectivity index is 2.26. The fourth-order valence-corrected chi connectivity index (χ4v) is 3.84. The highest BCUT2D eigenvalue weighted by atomic mass is 79.9. The van der Waals surface area contributed by atoms with Gasteiger partial charge in [0.1, 0.15) is 0 Å². The van der Waals surface area contributed by atoms with E-state index in [1.54, 1.807) is 30.3 Å². The number of nitrogens with one attached hydrogen (secondary N) is 1. The number of benzene rings is 2. The van der Waals surface area contributed by atoms with E-state index in [1.165, 1.54) is 0 Å². The Morgan fingerprint density at radius 2 is 1.82 bits per heavy atom. The van der Waals surface area contributed by atoms with Crippen LogP contribution in [0.15, 0.2) is 51.8 Å². The van der Waals surface area contributed by atoms with E-state index in [0.717, 1.165) is 16.5 Å². The second kappa shape index (κ2) is 7.02. The largest absolute Gasteiger partial charge is 0.278 e. The molecule has 3 nitrogen and oxygen atoms in total. The van der Waals surface area contributed by atoms with Crippen molar-refractivity contribution in [3.63, 3.8) is 0 Å². The predicted octanol–water partition coefficient (Wildman–Crippen LogP) is 5.42. The van der Waals surface area contributed by atoms with Gasteiger partial charge in [-0.15, -0.1) is 0 Å². The summed E-state index contributed by atoms with van der Waals surface area (Å²) >= 11 is 9.34. The van der Waals surface area contributed by atoms with E-state index in [-0.39, 0.29) is 4.90 Å². The first-order chi connectivity index (χ1) is 10.3. The van der Waals surface area contributed by atoms with E-state index in [2.05, 4.69) is 34.5 Å². The molecule has 22 heavy (non-hydrogen) atoms. The van der Waals surface area contributed by atoms with E-state index in [4.69, 9.17) is 11.6 Å². The first kappa shape index (κ1) is 17.3. The van der Waals surface area contributed by atoms with Gasteiger partial charge in [0, 0.05) is 4.47 Å². The Kier molecular flexibility index (Phi) is 5.53. The summed E-state index contributed by atoms with van der Waals surface area (Å²) < 4.78 is 28.1. The van der Waals surface area contributed by atoms with Crippen LogP contribution in [0.3, 0.4) is 0 Å². The molecule has 0 fully saturated rings. The molecule has 0 bridgehead atoms. The van der Waals surface area contributed by atoms with Gasteiger partial charge in [0.25, 0.3) is 10.0 Å². The number of rotatable bonds is 5. The van der Waals surface area contributed by atoms with Gasteiger partial charge in [-0.25, -0.2) is 8.42 Å². The van der Waals surface area contributed by atoms with Gasteiger partial charge in [-0.05, 0) is 48.2 Å². The fraction of sp³-hybridized carbons (Fsp3) is 0.250. The molecule has 2 rings (SSSR count). The molecule has 118 valence electrons. The molecular weight excluding hydrogens is 386 g/mol. The molecule has 1 atom stereocenters. The summed E-state index contributed by atoms with van der Waals surface area (Å²) in [6.45, 7) is 4.22. The zero-order valence-electron chi connectivity index (χ0n) is 12.3. The third-order valence-electron chi connectivity index (χ3n) is 3.55. The summed E-state index contributed by atoms with van der Waals surface area (Å²) in [7, 11) is -3.65. The highest BCUT2D eigenvalue weighted by Crippen LogP contribution is 2.28. The number of halogens is 2. The van der Waals surface area contributed by atoms with Crippen LogP contribution in [0.5, 0.6) is 0 Å². The van der Waals surface area contributed by atoms with Gasteiger partial charge < -0.3 is 0 Å². The van der Waals surface area contributed by atoms with Crippen LogP contribution in [0, 0.1) is 0 Å². The Bertz CT molecular complexity index is 760. The summed E-state index contributed by atoms with van der Waals surface area (Å²) in [6, 6.07) is 11.9. The fourth-order valence-electron chi connectivity index (χ4n) is 1.99. The summed E-state index contributed by atoms with van der Waals surface area (Å²) in [6.07, 6.45) is 1.01. The second-order valence-corrected chi connectivity index (χ2v) is 8.11. The smallest absolute Gasteiger partial charge is 0.261 e. The van der Waals surface area contributed by atoms with E-state index in [9.17, 15) is 8.42 Å². The van der Waals surface area contributed by atoms with Crippen molar-refractivity contribution in [2.45, 2.75) is 31.1 Å². The Morgan fingerprint density at radius 3 is 2.36 bits per heavy atom. The van der Waals surface area contributed by atoms with Crippen molar-refractivity contribution < 1.29 is 8.42 Å². The summed E-state index contributed by atoms with van der Waals surface area (Å²) in [4.78, 5) is 0.221. The molecule has 0 spiro atoms. The zero-order valence-corrected chi connectivity index (χ0v) is 15.5. The minimum absolute atomic E-state index is 0.221. The quantitative estimate of drug-likeness (QED) is 0.726. The Labute approximate surface area is 144 Å². The lowest BCUT2D eigenvalue weighted by atomic mass is 9.99. The van der Waals surface area contributed by atoms with E-state index in [1.807, 2.05) is 12.1 Å². The second-order valence-electron chi connectivity index (χ2n) is 5.11. The van der Waals surface area contributed by atoms with Crippen LogP contribution in [0.25, 0.3) is 0 Å². The average Bonchev–Trinajstić information content (AvgIpc) is 2.49. The number of hydrogen-bond donors (Lipinski definition) is 1. The maximum Gasteiger partial charge on any atom is 0.261 e. The van der Waals surface area contributed by atoms with E-state index in [0.29, 0.717) is 16.6 Å². The predicted molar refractivity (Wildman–Crippen MR) is 95.1 cm³/mol. The molecule has 0 aliphatic heterocycles. The molecule has 0 saturated carbocycles. The average molecular weight is 403 g/mol. The van der Waals surface area contributed by atoms with Crippen LogP contribution in [0.1, 0.15) is 31.7 Å². The van der Waals surface area contributed by atoms with Crippen molar-refractivity contribution >= 4 is 43.2 Å². The molecule has 1 N–H and O–H groups in total. The molecule has 0 saturated heterocycles. The van der Waals surface area contributed by atoms with Crippen LogP contribution < -0.4 is 4.72 Å². The van der Waals surface area contributed by atoms with Gasteiger partial charge in [-0.1, -0.05) is 53.5 Å². The summed E-state index contributed by atoms with van der Waals surface area (Å²) in [5.74, 6) is 0.408. The van der Waals surface area contributed by atoms with Crippen molar-refractivity contribution in [1.29, 1.82) is 0 Å². The molecule has 2 aromatic rings. The standard InChI is InChI=1S/C16H17BrClNO2S/c1-3-11(2)12-4-7-14(8-5-12)22(20,21)19-16-9-6-13(17)10-15(16)18/h4-11,19H,3H2,1-2H3/t11-/m0/s1. The molecule has 0 unspecified atom stereocenters. The lowest BCUT2D eigenvalue weighted by Gasteiger charge is -2.12. The van der Waals surface area contributed by atoms with Gasteiger partial charge in [0.15, 0.2) is 0 Å². The molecule has 0 aliphatic rings. The first-order valence-electron chi connectivity index (χ1n) is 6.91. The molecule has 6 heteroatoms. The van der Waals surface area contributed by atoms with Crippen LogP contribution in [0.2, 0.25) is 5.02 Å². The monoisotopic (exact) mass is 401 g/mol. The first-order valence-corrected chi connectivity index (χ1v) is 9.56. The molecule has 0 heterocycles. The Morgan fingerprint density at radius 1 is 1.18 bits per heavy atom. The van der Waals surface area contributed by atoms with Gasteiger partial charge in [-0.3, -0.25) is 4.72 Å². The number of hydrogen-bond acceptors (Lipinski definition) is 2. The Hall–Kier alpha value is -1.04. The zero-order chi connectivity index (χ0) is 16.3. The van der Waals surface area contributed by atoms with Crippen LogP contribution >= 0.6 is 27.5 Å². The molecule has 0 aromatic heterocycles. The van der Waals surface area contributed by atoms with Gasteiger partial charge in [-0.2, -0.15) is 0 Å². The molecule has 0 amide bonds. The lowest BCUT2D eigenvalue weighted by molar-refractivity contribution is 0.601. The number of anilines is 1. The maximum atomic E-state index is 12.4. The number of sulfonamides is 1. The molecular formula is C16H17BrClNO2S. The van der Waals surface area contributed by atoms with Crippen molar-refractivity contribution in [1.82, 2.24) is 0 Å². The summed E-state index contributed by atoms with van der Waals surface area (Å²) in [5, 5.41) is 0.342. The van der Waals surface area contributed by atoms with Crippen LogP contribution in [-0.2, 0) is 10.0 Å². The molecule has 2 aromatic carbocycles. The van der Waals surface area contributed by atoms with Crippen molar-refractivity contribution in [3.05, 3.63) is 57.5 Å². The molecule has 0 radical (unpaired) electrons. The minimum atomic E-state index is -3.65. The molecule has 0 aliphatic carbocycles. The minimum Gasteiger partial charge on any atom is -0.278 e. The summed E-state index contributed by atoms with van der Waals surface area (Å²) in [5.41, 5.74) is 1.49. The third-order valence-corrected chi connectivity index (χ3v) is 5.73.